The fraction of sp³-hybridized carbons (Fsp3) is 0.422. The molecule has 2 atom stereocenters. The Morgan fingerprint density at radius 3 is 0.757 bits per heavy atom. The van der Waals surface area contributed by atoms with E-state index in [0.29, 0.717) is 143 Å². The fourth-order valence-electron chi connectivity index (χ4n) is 12.1. The minimum absolute atomic E-state index is 0.168. The molecule has 0 aliphatic carbocycles. The van der Waals surface area contributed by atoms with E-state index in [1.165, 1.54) is 0 Å². The standard InChI is InChI=1S/C82H114N20O10.4C2HF3O2/c83-43-52-102(53-50-90-71(105)33-17-31-69(103)88-44-13-15-46-94-81(111)98-57-61-39-35-59(36-40-61)55-96-75(107)67(29-19-48-92-79(84)85)100-77(109)73(63-21-5-1-6-22-63)64-23-7-2-8-24-64)54-51-91-72(106)34-18-32-70(104)89-45-14-16-47-95-82(112)99-58-62-41-37-60(38-42-62)56-97-76(108)68(30-20-49-93-80(86)87)101-78(110)74(65-25-9-3-10-26-65)66-27-11-4-12-28-66;4*3-2(4,5)1(6)7/h1-12,21-28,35-42,67-68,73-74H,13-20,29-34,43-58,83H2,(H,88,103)(H,89,104)(H,90,105)(H,91,106)(H,96,107)(H,97,108)(H,100,109)(H,101,110)(H4,84,85,92)(H4,86,87,93)(H2,94,98,111)(H2,95,99,112);4*(H,6,7)/t67-,68-;;;;/m1..../s1. The average Bonchev–Trinajstić information content (AvgIpc) is 0.825. The lowest BCUT2D eigenvalue weighted by Crippen LogP contribution is -2.48. The van der Waals surface area contributed by atoms with E-state index in [9.17, 15) is 101 Å². The highest BCUT2D eigenvalue weighted by Gasteiger charge is 2.41. The highest BCUT2D eigenvalue weighted by atomic mass is 19.4. The summed E-state index contributed by atoms with van der Waals surface area (Å²) in [5, 5.41) is 83.6. The number of hydrogen-bond donors (Lipinski definition) is 23. The molecule has 50 heteroatoms. The zero-order chi connectivity index (χ0) is 105. The Bertz CT molecular complexity index is 4390. The number of guanidine groups is 2. The molecule has 0 spiro atoms. The average molecular weight is 2000 g/mol. The minimum atomic E-state index is -5.08. The number of hydrogen-bond acceptors (Lipinski definition) is 18. The van der Waals surface area contributed by atoms with Crippen LogP contribution in [0.3, 0.4) is 0 Å². The molecule has 6 aromatic carbocycles. The zero-order valence-corrected chi connectivity index (χ0v) is 75.9. The van der Waals surface area contributed by atoms with Crippen molar-refractivity contribution in [3.63, 3.8) is 0 Å². The Morgan fingerprint density at radius 2 is 0.521 bits per heavy atom. The van der Waals surface area contributed by atoms with Crippen molar-refractivity contribution in [1.29, 1.82) is 10.8 Å². The van der Waals surface area contributed by atoms with Crippen LogP contribution in [-0.4, -0.2) is 236 Å². The maximum absolute atomic E-state index is 13.9. The zero-order valence-electron chi connectivity index (χ0n) is 75.9. The molecular formula is C90H118F12N20O18. The van der Waals surface area contributed by atoms with Crippen molar-refractivity contribution >= 4 is 95.1 Å². The number of carbonyl (C=O) groups is 14. The Hall–Kier alpha value is -14.9. The second kappa shape index (κ2) is 66.6. The molecule has 0 unspecified atom stereocenters. The van der Waals surface area contributed by atoms with Gasteiger partial charge in [-0.1, -0.05) is 170 Å². The maximum atomic E-state index is 13.9. The number of alkyl halides is 12. The van der Waals surface area contributed by atoms with Gasteiger partial charge >= 0.3 is 60.6 Å². The van der Waals surface area contributed by atoms with E-state index in [-0.39, 0.29) is 123 Å². The van der Waals surface area contributed by atoms with Gasteiger partial charge < -0.3 is 112 Å². The van der Waals surface area contributed by atoms with Crippen molar-refractivity contribution in [2.75, 3.05) is 78.5 Å². The van der Waals surface area contributed by atoms with E-state index in [2.05, 4.69) is 74.4 Å². The predicted molar refractivity (Wildman–Crippen MR) is 487 cm³/mol. The van der Waals surface area contributed by atoms with Crippen molar-refractivity contribution in [2.24, 2.45) is 17.2 Å². The van der Waals surface area contributed by atoms with E-state index in [4.69, 9.17) is 67.6 Å². The second-order valence-corrected chi connectivity index (χ2v) is 30.2. The van der Waals surface area contributed by atoms with Crippen molar-refractivity contribution in [1.82, 2.24) is 79.3 Å². The SMILES string of the molecule is N=C(N)NCCC[C@@H](NC(=O)C(c1ccccc1)c1ccccc1)C(=O)NCc1ccc(CNC(=O)NCCCCNC(=O)CCCC(=O)NCCN(CCN)CCNC(=O)CCCC(=O)NCCCCNC(=O)NCc2ccc(CNC(=O)[C@@H](CCCNC(=N)N)NC(=O)C(c3ccccc3)c3ccccc3)cc2)cc1.O=C(O)C(F)(F)F.O=C(O)C(F)(F)F.O=C(O)C(F)(F)F.O=C(O)C(F)(F)F. The number of unbranched alkanes of at least 4 members (excludes halogenated alkanes) is 2. The van der Waals surface area contributed by atoms with Gasteiger partial charge in [0.2, 0.25) is 47.3 Å². The minimum Gasteiger partial charge on any atom is -0.475 e. The molecule has 770 valence electrons. The number of aliphatic carboxylic acids is 4. The van der Waals surface area contributed by atoms with Crippen molar-refractivity contribution in [3.05, 3.63) is 214 Å². The van der Waals surface area contributed by atoms with Crippen LogP contribution in [0.25, 0.3) is 0 Å². The van der Waals surface area contributed by atoms with E-state index >= 15 is 0 Å². The number of carbonyl (C=O) groups excluding carboxylic acids is 10. The van der Waals surface area contributed by atoms with Gasteiger partial charge in [-0.3, -0.25) is 54.1 Å². The number of halogens is 12. The van der Waals surface area contributed by atoms with E-state index in [1.807, 2.05) is 175 Å². The Morgan fingerprint density at radius 1 is 0.293 bits per heavy atom. The summed E-state index contributed by atoms with van der Waals surface area (Å²) < 4.78 is 127. The van der Waals surface area contributed by atoms with Crippen LogP contribution >= 0.6 is 0 Å². The topological polar surface area (TPSA) is 617 Å². The number of carboxylic acid groups (broad SMARTS) is 4. The molecule has 0 saturated carbocycles. The molecule has 0 aromatic heterocycles. The van der Waals surface area contributed by atoms with Gasteiger partial charge in [0.15, 0.2) is 11.9 Å². The van der Waals surface area contributed by atoms with Crippen LogP contribution in [-0.2, 0) is 83.7 Å². The third-order valence-electron chi connectivity index (χ3n) is 19.1. The molecule has 0 aliphatic rings. The van der Waals surface area contributed by atoms with Crippen molar-refractivity contribution in [2.45, 2.75) is 165 Å². The Kier molecular flexibility index (Phi) is 57.6. The van der Waals surface area contributed by atoms with Crippen LogP contribution in [0.5, 0.6) is 0 Å². The lowest BCUT2D eigenvalue weighted by molar-refractivity contribution is -0.193. The van der Waals surface area contributed by atoms with Gasteiger partial charge in [0.1, 0.15) is 12.1 Å². The molecule has 6 aromatic rings. The number of nitrogens with one attached hydrogen (secondary N) is 16. The van der Waals surface area contributed by atoms with E-state index in [1.54, 1.807) is 0 Å². The molecule has 0 bridgehead atoms. The number of carboxylic acids is 4. The van der Waals surface area contributed by atoms with E-state index < -0.39 is 72.5 Å². The van der Waals surface area contributed by atoms with Crippen molar-refractivity contribution in [3.8, 4) is 0 Å². The summed E-state index contributed by atoms with van der Waals surface area (Å²) in [4.78, 5) is 168. The van der Waals surface area contributed by atoms with Crippen molar-refractivity contribution < 1.29 is 140 Å². The van der Waals surface area contributed by atoms with Gasteiger partial charge in [0, 0.05) is 130 Å². The largest absolute Gasteiger partial charge is 0.490 e. The first-order chi connectivity index (χ1) is 66.1. The third-order valence-corrected chi connectivity index (χ3v) is 19.1. The molecule has 0 radical (unpaired) electrons. The Labute approximate surface area is 797 Å². The molecule has 6 rings (SSSR count). The molecule has 38 nitrogen and oxygen atoms in total. The highest BCUT2D eigenvalue weighted by Crippen LogP contribution is 2.28. The quantitative estimate of drug-likeness (QED) is 0.00834. The summed E-state index contributed by atoms with van der Waals surface area (Å²) in [6.07, 6.45) is -14.8. The number of amides is 12. The summed E-state index contributed by atoms with van der Waals surface area (Å²) in [7, 11) is 0. The molecule has 0 fully saturated rings. The monoisotopic (exact) mass is 1990 g/mol. The summed E-state index contributed by atoms with van der Waals surface area (Å²) in [5.41, 5.74) is 23.3. The van der Waals surface area contributed by atoms with Crippen LogP contribution in [0.15, 0.2) is 170 Å². The maximum Gasteiger partial charge on any atom is 0.490 e. The molecule has 26 N–H and O–H groups in total. The number of urea groups is 2. The number of benzene rings is 6. The predicted octanol–water partition coefficient (Wildman–Crippen LogP) is 6.54. The third kappa shape index (κ3) is 56.6. The van der Waals surface area contributed by atoms with Crippen LogP contribution in [0.2, 0.25) is 0 Å². The van der Waals surface area contributed by atoms with Gasteiger partial charge in [-0.15, -0.1) is 0 Å². The molecule has 12 amide bonds. The lowest BCUT2D eigenvalue weighted by atomic mass is 9.90. The van der Waals surface area contributed by atoms with Gasteiger partial charge in [0.25, 0.3) is 0 Å². The van der Waals surface area contributed by atoms with Crippen LogP contribution < -0.4 is 91.6 Å². The van der Waals surface area contributed by atoms with Gasteiger partial charge in [0.05, 0.1) is 11.8 Å². The van der Waals surface area contributed by atoms with Crippen LogP contribution in [0.4, 0.5) is 62.3 Å². The summed E-state index contributed by atoms with van der Waals surface area (Å²) in [6.45, 7) is 5.99. The lowest BCUT2D eigenvalue weighted by Gasteiger charge is -2.23. The first kappa shape index (κ1) is 121. The molecule has 0 heterocycles. The van der Waals surface area contributed by atoms with Gasteiger partial charge in [-0.25, -0.2) is 28.8 Å². The van der Waals surface area contributed by atoms with Gasteiger partial charge in [-0.2, -0.15) is 52.7 Å². The highest BCUT2D eigenvalue weighted by molar-refractivity contribution is 5.94. The number of nitrogens with zero attached hydrogens (tertiary/aromatic N) is 1. The fourth-order valence-corrected chi connectivity index (χ4v) is 12.1. The Balaban J connectivity index is 0.00000205. The molecular weight excluding hydrogens is 1880 g/mol. The second-order valence-electron chi connectivity index (χ2n) is 30.2. The molecule has 0 aliphatic heterocycles. The van der Waals surface area contributed by atoms with Crippen LogP contribution in [0, 0.1) is 10.8 Å². The number of nitrogens with two attached hydrogens (primary N) is 3. The molecule has 0 saturated heterocycles. The summed E-state index contributed by atoms with van der Waals surface area (Å²) >= 11 is 0. The first-order valence-corrected chi connectivity index (χ1v) is 43.5. The van der Waals surface area contributed by atoms with Crippen LogP contribution in [0.1, 0.15) is 146 Å². The van der Waals surface area contributed by atoms with E-state index in [0.717, 1.165) is 44.5 Å². The van der Waals surface area contributed by atoms with Gasteiger partial charge in [-0.05, 0) is 109 Å². The summed E-state index contributed by atoms with van der Waals surface area (Å²) in [6, 6.07) is 50.0. The normalized spacial score (nSPS) is 11.4. The smallest absolute Gasteiger partial charge is 0.475 e. The summed E-state index contributed by atoms with van der Waals surface area (Å²) in [5.74, 6) is -14.7. The molecule has 140 heavy (non-hydrogen) atoms. The number of rotatable bonds is 52. The first-order valence-electron chi connectivity index (χ1n) is 43.5.